The lowest BCUT2D eigenvalue weighted by Gasteiger charge is -2.14. The van der Waals surface area contributed by atoms with Gasteiger partial charge in [-0.15, -0.1) is 0 Å². The highest BCUT2D eigenvalue weighted by Gasteiger charge is 2.25. The topological polar surface area (TPSA) is 74.0 Å². The summed E-state index contributed by atoms with van der Waals surface area (Å²) in [6.45, 7) is 5.26. The number of amides is 1. The Kier molecular flexibility index (Phi) is 3.59. The van der Waals surface area contributed by atoms with E-state index in [1.807, 2.05) is 13.8 Å². The first-order chi connectivity index (χ1) is 10.1. The lowest BCUT2D eigenvalue weighted by Crippen LogP contribution is -2.18. The Hall–Kier alpha value is -2.02. The maximum atomic E-state index is 12.4. The Labute approximate surface area is 126 Å². The van der Waals surface area contributed by atoms with E-state index in [2.05, 4.69) is 15.5 Å². The summed E-state index contributed by atoms with van der Waals surface area (Å²) in [5.74, 6) is 0.705. The Bertz CT molecular complexity index is 676. The molecule has 112 valence electrons. The van der Waals surface area contributed by atoms with Gasteiger partial charge >= 0.3 is 0 Å². The number of hydrogen-bond donors (Lipinski definition) is 1. The minimum Gasteiger partial charge on any atom is -0.477 e. The van der Waals surface area contributed by atoms with Crippen molar-refractivity contribution in [2.45, 2.75) is 32.9 Å². The van der Waals surface area contributed by atoms with Crippen molar-refractivity contribution < 1.29 is 9.53 Å². The molecule has 1 aliphatic rings. The van der Waals surface area contributed by atoms with Crippen LogP contribution in [0.25, 0.3) is 0 Å². The molecule has 7 nitrogen and oxygen atoms in total. The van der Waals surface area contributed by atoms with Gasteiger partial charge in [-0.2, -0.15) is 10.2 Å². The molecular formula is C13H16ClN5O2. The minimum atomic E-state index is -0.368. The molecule has 3 rings (SSSR count). The zero-order valence-electron chi connectivity index (χ0n) is 11.8. The highest BCUT2D eigenvalue weighted by Crippen LogP contribution is 2.31. The first-order valence-corrected chi connectivity index (χ1v) is 7.19. The molecule has 0 aliphatic carbocycles. The van der Waals surface area contributed by atoms with Gasteiger partial charge in [0, 0.05) is 25.1 Å². The van der Waals surface area contributed by atoms with Gasteiger partial charge < -0.3 is 10.1 Å². The summed E-state index contributed by atoms with van der Waals surface area (Å²) >= 11 is 6.19. The molecule has 1 aliphatic heterocycles. The van der Waals surface area contributed by atoms with Crippen LogP contribution >= 0.6 is 11.6 Å². The van der Waals surface area contributed by atoms with E-state index >= 15 is 0 Å². The van der Waals surface area contributed by atoms with E-state index in [0.717, 1.165) is 6.42 Å². The van der Waals surface area contributed by atoms with E-state index in [0.29, 0.717) is 24.8 Å². The SMILES string of the molecule is CC(C)n1nccc1NC(=O)c1nn2c(c1Cl)OCCC2. The molecular weight excluding hydrogens is 294 g/mol. The van der Waals surface area contributed by atoms with Crippen molar-refractivity contribution in [1.29, 1.82) is 0 Å². The molecule has 0 fully saturated rings. The smallest absolute Gasteiger partial charge is 0.279 e. The second-order valence-electron chi connectivity index (χ2n) is 5.10. The van der Waals surface area contributed by atoms with Crippen LogP contribution in [0.2, 0.25) is 5.02 Å². The Morgan fingerprint density at radius 2 is 2.33 bits per heavy atom. The number of aryl methyl sites for hydroxylation is 1. The lowest BCUT2D eigenvalue weighted by atomic mass is 10.3. The third-order valence-corrected chi connectivity index (χ3v) is 3.56. The van der Waals surface area contributed by atoms with Gasteiger partial charge in [0.25, 0.3) is 5.91 Å². The number of nitrogens with zero attached hydrogens (tertiary/aromatic N) is 4. The van der Waals surface area contributed by atoms with E-state index in [9.17, 15) is 4.79 Å². The molecule has 0 radical (unpaired) electrons. The summed E-state index contributed by atoms with van der Waals surface area (Å²) in [5, 5.41) is 11.4. The largest absolute Gasteiger partial charge is 0.477 e. The average molecular weight is 310 g/mol. The normalized spacial score (nSPS) is 13.9. The number of ether oxygens (including phenoxy) is 1. The molecule has 21 heavy (non-hydrogen) atoms. The number of rotatable bonds is 3. The van der Waals surface area contributed by atoms with Gasteiger partial charge in [-0.3, -0.25) is 4.79 Å². The molecule has 1 amide bonds. The molecule has 2 aromatic heterocycles. The maximum absolute atomic E-state index is 12.4. The summed E-state index contributed by atoms with van der Waals surface area (Å²) in [6.07, 6.45) is 2.49. The van der Waals surface area contributed by atoms with Crippen LogP contribution in [0.3, 0.4) is 0 Å². The van der Waals surface area contributed by atoms with Crippen molar-refractivity contribution in [3.63, 3.8) is 0 Å². The van der Waals surface area contributed by atoms with Gasteiger partial charge in [-0.1, -0.05) is 11.6 Å². The first kappa shape index (κ1) is 13.9. The highest BCUT2D eigenvalue weighted by atomic mass is 35.5. The van der Waals surface area contributed by atoms with E-state index in [4.69, 9.17) is 16.3 Å². The molecule has 0 saturated carbocycles. The summed E-state index contributed by atoms with van der Waals surface area (Å²) in [5.41, 5.74) is 0.171. The molecule has 8 heteroatoms. The van der Waals surface area contributed by atoms with Gasteiger partial charge in [0.2, 0.25) is 5.88 Å². The molecule has 0 atom stereocenters. The summed E-state index contributed by atoms with van der Waals surface area (Å²) < 4.78 is 8.80. The van der Waals surface area contributed by atoms with Crippen LogP contribution in [-0.2, 0) is 6.54 Å². The van der Waals surface area contributed by atoms with Crippen molar-refractivity contribution in [2.24, 2.45) is 0 Å². The third-order valence-electron chi connectivity index (χ3n) is 3.22. The van der Waals surface area contributed by atoms with Gasteiger partial charge in [0.15, 0.2) is 5.69 Å². The lowest BCUT2D eigenvalue weighted by molar-refractivity contribution is 0.102. The first-order valence-electron chi connectivity index (χ1n) is 6.82. The fourth-order valence-electron chi connectivity index (χ4n) is 2.24. The standard InChI is InChI=1S/C13H16ClN5O2/c1-8(2)19-9(4-5-15-19)16-12(20)11-10(14)13-18(17-11)6-3-7-21-13/h4-5,8H,3,6-7H2,1-2H3,(H,16,20). The molecule has 2 aromatic rings. The average Bonchev–Trinajstić information content (AvgIpc) is 3.04. The molecule has 3 heterocycles. The fraction of sp³-hybridized carbons (Fsp3) is 0.462. The zero-order chi connectivity index (χ0) is 15.0. The van der Waals surface area contributed by atoms with Gasteiger partial charge in [-0.25, -0.2) is 9.36 Å². The number of nitrogens with one attached hydrogen (secondary N) is 1. The molecule has 0 bridgehead atoms. The van der Waals surface area contributed by atoms with Crippen LogP contribution in [0, 0.1) is 0 Å². The third kappa shape index (κ3) is 2.49. The fourth-order valence-corrected chi connectivity index (χ4v) is 2.52. The highest BCUT2D eigenvalue weighted by molar-refractivity contribution is 6.35. The van der Waals surface area contributed by atoms with E-state index in [1.165, 1.54) is 0 Å². The number of carbonyl (C=O) groups is 1. The van der Waals surface area contributed by atoms with Crippen LogP contribution in [0.1, 0.15) is 36.8 Å². The van der Waals surface area contributed by atoms with Crippen molar-refractivity contribution >= 4 is 23.3 Å². The Morgan fingerprint density at radius 3 is 3.05 bits per heavy atom. The van der Waals surface area contributed by atoms with E-state index < -0.39 is 0 Å². The quantitative estimate of drug-likeness (QED) is 0.944. The van der Waals surface area contributed by atoms with Crippen molar-refractivity contribution in [1.82, 2.24) is 19.6 Å². The number of halogens is 1. The van der Waals surface area contributed by atoms with Crippen LogP contribution in [0.15, 0.2) is 12.3 Å². The Morgan fingerprint density at radius 1 is 1.52 bits per heavy atom. The van der Waals surface area contributed by atoms with Gasteiger partial charge in [-0.05, 0) is 13.8 Å². The zero-order valence-corrected chi connectivity index (χ0v) is 12.6. The number of aromatic nitrogens is 4. The van der Waals surface area contributed by atoms with E-state index in [1.54, 1.807) is 21.6 Å². The molecule has 0 spiro atoms. The molecule has 0 aromatic carbocycles. The molecule has 1 N–H and O–H groups in total. The molecule has 0 unspecified atom stereocenters. The number of carbonyl (C=O) groups excluding carboxylic acids is 1. The van der Waals surface area contributed by atoms with Crippen molar-refractivity contribution in [3.05, 3.63) is 23.0 Å². The minimum absolute atomic E-state index is 0.143. The van der Waals surface area contributed by atoms with Crippen LogP contribution in [0.5, 0.6) is 5.88 Å². The van der Waals surface area contributed by atoms with E-state index in [-0.39, 0.29) is 22.7 Å². The van der Waals surface area contributed by atoms with Crippen molar-refractivity contribution in [3.8, 4) is 5.88 Å². The summed E-state index contributed by atoms with van der Waals surface area (Å²) in [7, 11) is 0. The second kappa shape index (κ2) is 5.40. The summed E-state index contributed by atoms with van der Waals surface area (Å²) in [4.78, 5) is 12.4. The summed E-state index contributed by atoms with van der Waals surface area (Å²) in [6, 6.07) is 1.88. The van der Waals surface area contributed by atoms with Crippen LogP contribution in [-0.4, -0.2) is 32.1 Å². The van der Waals surface area contributed by atoms with Gasteiger partial charge in [0.05, 0.1) is 12.8 Å². The molecule has 0 saturated heterocycles. The van der Waals surface area contributed by atoms with Crippen LogP contribution < -0.4 is 10.1 Å². The maximum Gasteiger partial charge on any atom is 0.279 e. The van der Waals surface area contributed by atoms with Gasteiger partial charge in [0.1, 0.15) is 10.8 Å². The number of fused-ring (bicyclic) bond motifs is 1. The predicted octanol–water partition coefficient (Wildman–Crippen LogP) is 2.35. The second-order valence-corrected chi connectivity index (χ2v) is 5.48. The van der Waals surface area contributed by atoms with Crippen molar-refractivity contribution in [2.75, 3.05) is 11.9 Å². The Balaban J connectivity index is 1.86. The monoisotopic (exact) mass is 309 g/mol. The number of hydrogen-bond acceptors (Lipinski definition) is 4. The van der Waals surface area contributed by atoms with Crippen LogP contribution in [0.4, 0.5) is 5.82 Å². The number of anilines is 1. The predicted molar refractivity (Wildman–Crippen MR) is 77.9 cm³/mol.